The fourth-order valence-electron chi connectivity index (χ4n) is 1.04. The summed E-state index contributed by atoms with van der Waals surface area (Å²) in [5.74, 6) is -0.922. The van der Waals surface area contributed by atoms with Crippen LogP contribution in [0.2, 0.25) is 0 Å². The Morgan fingerprint density at radius 1 is 1.50 bits per heavy atom. The molecule has 2 amide bonds. The third kappa shape index (κ3) is 3.38. The minimum atomic E-state index is -0.696. The maximum atomic E-state index is 11.8. The van der Waals surface area contributed by atoms with Gasteiger partial charge in [-0.1, -0.05) is 0 Å². The molecule has 0 aliphatic carbocycles. The van der Waals surface area contributed by atoms with E-state index in [4.69, 9.17) is 5.73 Å². The molecule has 0 aliphatic rings. The quantitative estimate of drug-likeness (QED) is 0.566. The Kier molecular flexibility index (Phi) is 4.60. The van der Waals surface area contributed by atoms with Crippen LogP contribution < -0.4 is 11.1 Å². The monoisotopic (exact) mass is 350 g/mol. The van der Waals surface area contributed by atoms with Crippen molar-refractivity contribution < 1.29 is 9.59 Å². The Morgan fingerprint density at radius 2 is 2.12 bits per heavy atom. The molecule has 86 valence electrons. The zero-order valence-electron chi connectivity index (χ0n) is 8.53. The van der Waals surface area contributed by atoms with Gasteiger partial charge in [0.2, 0.25) is 5.91 Å². The van der Waals surface area contributed by atoms with E-state index < -0.39 is 11.9 Å². The molecule has 0 bridgehead atoms. The summed E-state index contributed by atoms with van der Waals surface area (Å²) in [6.45, 7) is 1.53. The van der Waals surface area contributed by atoms with E-state index in [1.165, 1.54) is 6.92 Å². The summed E-state index contributed by atoms with van der Waals surface area (Å²) in [5, 5.41) is 2.50. The number of nitrogens with two attached hydrogens (primary N) is 1. The first kappa shape index (κ1) is 13.3. The van der Waals surface area contributed by atoms with Crippen molar-refractivity contribution in [2.24, 2.45) is 5.73 Å². The van der Waals surface area contributed by atoms with Crippen LogP contribution in [0.1, 0.15) is 17.3 Å². The minimum absolute atomic E-state index is 0.352. The van der Waals surface area contributed by atoms with Crippen LogP contribution in [0, 0.1) is 3.57 Å². The predicted octanol–water partition coefficient (Wildman–Crippen LogP) is 1.18. The van der Waals surface area contributed by atoms with E-state index in [2.05, 4.69) is 40.5 Å². The molecule has 6 heteroatoms. The number of benzene rings is 1. The van der Waals surface area contributed by atoms with Crippen molar-refractivity contribution in [2.45, 2.75) is 17.9 Å². The largest absolute Gasteiger partial charge is 0.368 e. The molecule has 0 saturated heterocycles. The van der Waals surface area contributed by atoms with Gasteiger partial charge in [-0.25, -0.2) is 0 Å². The summed E-state index contributed by atoms with van der Waals surface area (Å²) in [7, 11) is 0. The number of rotatable bonds is 3. The van der Waals surface area contributed by atoms with Gasteiger partial charge >= 0.3 is 0 Å². The molecule has 16 heavy (non-hydrogen) atoms. The number of thiol groups is 1. The number of primary amides is 1. The molecule has 0 aromatic heterocycles. The summed E-state index contributed by atoms with van der Waals surface area (Å²) >= 11 is 6.28. The molecule has 0 heterocycles. The number of carbonyl (C=O) groups excluding carboxylic acids is 2. The molecule has 0 radical (unpaired) electrons. The van der Waals surface area contributed by atoms with Crippen LogP contribution in [-0.4, -0.2) is 17.9 Å². The van der Waals surface area contributed by atoms with Gasteiger partial charge in [0.05, 0.1) is 5.56 Å². The Bertz CT molecular complexity index is 437. The van der Waals surface area contributed by atoms with Gasteiger partial charge in [0, 0.05) is 8.47 Å². The maximum absolute atomic E-state index is 11.8. The van der Waals surface area contributed by atoms with Gasteiger partial charge in [0.25, 0.3) is 5.91 Å². The van der Waals surface area contributed by atoms with Crippen LogP contribution >= 0.6 is 35.2 Å². The van der Waals surface area contributed by atoms with Crippen molar-refractivity contribution in [1.29, 1.82) is 0 Å². The average molecular weight is 350 g/mol. The minimum Gasteiger partial charge on any atom is -0.368 e. The second-order valence-electron chi connectivity index (χ2n) is 3.26. The lowest BCUT2D eigenvalue weighted by molar-refractivity contribution is -0.119. The van der Waals surface area contributed by atoms with Crippen LogP contribution in [0.25, 0.3) is 0 Å². The molecule has 1 atom stereocenters. The first-order valence-corrected chi connectivity index (χ1v) is 6.03. The van der Waals surface area contributed by atoms with Crippen LogP contribution in [-0.2, 0) is 4.79 Å². The van der Waals surface area contributed by atoms with Gasteiger partial charge < -0.3 is 11.1 Å². The fraction of sp³-hybridized carbons (Fsp3) is 0.200. The molecule has 1 rings (SSSR count). The highest BCUT2D eigenvalue weighted by atomic mass is 127. The number of halogens is 1. The lowest BCUT2D eigenvalue weighted by Gasteiger charge is -2.11. The Labute approximate surface area is 113 Å². The summed E-state index contributed by atoms with van der Waals surface area (Å²) in [6, 6.07) is 4.58. The third-order valence-electron chi connectivity index (χ3n) is 1.98. The molecule has 0 spiro atoms. The van der Waals surface area contributed by atoms with E-state index in [0.717, 1.165) is 3.57 Å². The zero-order chi connectivity index (χ0) is 12.3. The molecule has 0 fully saturated rings. The number of carbonyl (C=O) groups is 2. The van der Waals surface area contributed by atoms with Crippen molar-refractivity contribution >= 4 is 47.0 Å². The smallest absolute Gasteiger partial charge is 0.253 e. The zero-order valence-corrected chi connectivity index (χ0v) is 11.6. The first-order chi connectivity index (χ1) is 7.41. The normalized spacial score (nSPS) is 11.9. The molecule has 0 aliphatic heterocycles. The number of nitrogens with one attached hydrogen (secondary N) is 1. The molecule has 1 aromatic rings. The number of hydrogen-bond acceptors (Lipinski definition) is 3. The topological polar surface area (TPSA) is 72.2 Å². The molecular weight excluding hydrogens is 339 g/mol. The van der Waals surface area contributed by atoms with Gasteiger partial charge in [-0.3, -0.25) is 9.59 Å². The maximum Gasteiger partial charge on any atom is 0.253 e. The number of amides is 2. The van der Waals surface area contributed by atoms with Crippen molar-refractivity contribution in [3.8, 4) is 0 Å². The van der Waals surface area contributed by atoms with Crippen LogP contribution in [0.3, 0.4) is 0 Å². The van der Waals surface area contributed by atoms with Gasteiger partial charge in [-0.2, -0.15) is 0 Å². The second kappa shape index (κ2) is 5.53. The molecular formula is C10H11IN2O2S. The number of hydrogen-bond donors (Lipinski definition) is 3. The van der Waals surface area contributed by atoms with Crippen LogP contribution in [0.15, 0.2) is 23.1 Å². The summed E-state index contributed by atoms with van der Waals surface area (Å²) < 4.78 is 0.923. The Morgan fingerprint density at radius 3 is 2.69 bits per heavy atom. The van der Waals surface area contributed by atoms with Gasteiger partial charge in [0.15, 0.2) is 0 Å². The van der Waals surface area contributed by atoms with Crippen molar-refractivity contribution in [3.05, 3.63) is 27.3 Å². The van der Waals surface area contributed by atoms with E-state index in [0.29, 0.717) is 10.5 Å². The van der Waals surface area contributed by atoms with E-state index in [-0.39, 0.29) is 5.91 Å². The van der Waals surface area contributed by atoms with E-state index >= 15 is 0 Å². The molecule has 3 N–H and O–H groups in total. The lowest BCUT2D eigenvalue weighted by Crippen LogP contribution is -2.42. The van der Waals surface area contributed by atoms with Gasteiger partial charge in [-0.05, 0) is 47.7 Å². The predicted molar refractivity (Wildman–Crippen MR) is 72.5 cm³/mol. The Balaban J connectivity index is 2.88. The van der Waals surface area contributed by atoms with E-state index in [1.807, 2.05) is 6.07 Å². The third-order valence-corrected chi connectivity index (χ3v) is 3.04. The van der Waals surface area contributed by atoms with Crippen molar-refractivity contribution in [2.75, 3.05) is 0 Å². The standard InChI is InChI=1S/C10H11IN2O2S/c1-5(9(12)14)13-10(15)7-4-6(11)2-3-8(7)16/h2-5,16H,1H3,(H2,12,14)(H,13,15)/t5-/m1/s1. The van der Waals surface area contributed by atoms with Crippen molar-refractivity contribution in [1.82, 2.24) is 5.32 Å². The Hall–Kier alpha value is -0.760. The average Bonchev–Trinajstić information content (AvgIpc) is 2.21. The lowest BCUT2D eigenvalue weighted by atomic mass is 10.2. The van der Waals surface area contributed by atoms with Crippen LogP contribution in [0.5, 0.6) is 0 Å². The van der Waals surface area contributed by atoms with Crippen molar-refractivity contribution in [3.63, 3.8) is 0 Å². The summed E-state index contributed by atoms with van der Waals surface area (Å²) in [5.41, 5.74) is 5.49. The SMILES string of the molecule is C[C@@H](NC(=O)c1cc(I)ccc1S)C(N)=O. The van der Waals surface area contributed by atoms with Gasteiger partial charge in [-0.15, -0.1) is 12.6 Å². The highest BCUT2D eigenvalue weighted by Crippen LogP contribution is 2.17. The second-order valence-corrected chi connectivity index (χ2v) is 4.99. The van der Waals surface area contributed by atoms with Crippen LogP contribution in [0.4, 0.5) is 0 Å². The molecule has 4 nitrogen and oxygen atoms in total. The fourth-order valence-corrected chi connectivity index (χ4v) is 1.77. The first-order valence-electron chi connectivity index (χ1n) is 4.50. The van der Waals surface area contributed by atoms with E-state index in [1.54, 1.807) is 12.1 Å². The molecule has 0 saturated carbocycles. The van der Waals surface area contributed by atoms with Gasteiger partial charge in [0.1, 0.15) is 6.04 Å². The highest BCUT2D eigenvalue weighted by molar-refractivity contribution is 14.1. The summed E-state index contributed by atoms with van der Waals surface area (Å²) in [4.78, 5) is 23.1. The molecule has 0 unspecified atom stereocenters. The van der Waals surface area contributed by atoms with E-state index in [9.17, 15) is 9.59 Å². The summed E-state index contributed by atoms with van der Waals surface area (Å²) in [6.07, 6.45) is 0. The highest BCUT2D eigenvalue weighted by Gasteiger charge is 2.15. The molecule has 1 aromatic carbocycles.